The molecule has 0 bridgehead atoms. The molecule has 0 radical (unpaired) electrons. The van der Waals surface area contributed by atoms with E-state index in [1.54, 1.807) is 0 Å². The molecule has 0 amide bonds. The highest BCUT2D eigenvalue weighted by atomic mass is 15.3. The zero-order valence-electron chi connectivity index (χ0n) is 7.15. The fourth-order valence-corrected chi connectivity index (χ4v) is 0.582. The van der Waals surface area contributed by atoms with Crippen LogP contribution in [-0.4, -0.2) is 6.72 Å². The molecule has 0 aromatic rings. The molecule has 60 valence electrons. The molecule has 11 heavy (non-hydrogen) atoms. The fourth-order valence-electron chi connectivity index (χ4n) is 0.582. The molecule has 0 aliphatic carbocycles. The lowest BCUT2D eigenvalue weighted by Crippen LogP contribution is -2.04. The molecule has 0 unspecified atom stereocenters. The van der Waals surface area contributed by atoms with E-state index in [4.69, 9.17) is 0 Å². The van der Waals surface area contributed by atoms with Crippen molar-refractivity contribution < 1.29 is 0 Å². The van der Waals surface area contributed by atoms with Gasteiger partial charge in [-0.15, -0.1) is 0 Å². The van der Waals surface area contributed by atoms with Crippen LogP contribution >= 0.6 is 0 Å². The largest absolute Gasteiger partial charge is 0.279 e. The Hall–Kier alpha value is -1.31. The summed E-state index contributed by atoms with van der Waals surface area (Å²) in [6, 6.07) is 0. The molecule has 0 fully saturated rings. The third-order valence-corrected chi connectivity index (χ3v) is 1.05. The molecule has 0 atom stereocenters. The Morgan fingerprint density at radius 3 is 2.18 bits per heavy atom. The van der Waals surface area contributed by atoms with Gasteiger partial charge in [0.05, 0.1) is 5.70 Å². The Kier molecular flexibility index (Phi) is 3.96. The summed E-state index contributed by atoms with van der Waals surface area (Å²) in [5.74, 6) is 0. The maximum atomic E-state index is 3.77. The van der Waals surface area contributed by atoms with Crippen molar-refractivity contribution in [3.05, 3.63) is 36.1 Å². The van der Waals surface area contributed by atoms with Crippen LogP contribution in [0.5, 0.6) is 0 Å². The topological polar surface area (TPSA) is 24.4 Å². The first kappa shape index (κ1) is 9.69. The highest BCUT2D eigenvalue weighted by molar-refractivity contribution is 5.32. The van der Waals surface area contributed by atoms with Crippen molar-refractivity contribution in [3.63, 3.8) is 0 Å². The van der Waals surface area contributed by atoms with E-state index in [1.807, 2.05) is 19.9 Å². The van der Waals surface area contributed by atoms with Crippen molar-refractivity contribution in [3.8, 4) is 0 Å². The summed E-state index contributed by atoms with van der Waals surface area (Å²) in [7, 11) is 0. The first-order valence-corrected chi connectivity index (χ1v) is 3.32. The molecule has 0 spiro atoms. The standard InChI is InChI=1S/C9H14N2/c1-7(2)6-9(8(3)4)11-10-5/h6,11H,1,3,5H2,2,4H3/b9-6+. The van der Waals surface area contributed by atoms with Gasteiger partial charge in [-0.3, -0.25) is 5.43 Å². The SMILES string of the molecule is C=NN/C(=C/C(=C)C)C(=C)C. The normalized spacial score (nSPS) is 10.5. The van der Waals surface area contributed by atoms with E-state index in [-0.39, 0.29) is 0 Å². The van der Waals surface area contributed by atoms with Gasteiger partial charge in [0.2, 0.25) is 0 Å². The molecular formula is C9H14N2. The lowest BCUT2D eigenvalue weighted by atomic mass is 10.2. The van der Waals surface area contributed by atoms with Gasteiger partial charge in [-0.05, 0) is 25.5 Å². The number of allylic oxidation sites excluding steroid dienone is 3. The molecule has 2 heteroatoms. The van der Waals surface area contributed by atoms with E-state index in [1.165, 1.54) is 0 Å². The Morgan fingerprint density at radius 1 is 1.36 bits per heavy atom. The third-order valence-electron chi connectivity index (χ3n) is 1.05. The molecular weight excluding hydrogens is 136 g/mol. The van der Waals surface area contributed by atoms with E-state index in [2.05, 4.69) is 30.4 Å². The molecule has 0 aromatic heterocycles. The average Bonchev–Trinajstić information content (AvgIpc) is 1.86. The lowest BCUT2D eigenvalue weighted by molar-refractivity contribution is 0.906. The second-order valence-corrected chi connectivity index (χ2v) is 2.45. The number of rotatable bonds is 4. The molecule has 2 nitrogen and oxygen atoms in total. The van der Waals surface area contributed by atoms with Gasteiger partial charge in [-0.1, -0.05) is 18.7 Å². The number of hydrazone groups is 1. The van der Waals surface area contributed by atoms with Crippen molar-refractivity contribution in [2.75, 3.05) is 0 Å². The summed E-state index contributed by atoms with van der Waals surface area (Å²) < 4.78 is 0. The van der Waals surface area contributed by atoms with Crippen LogP contribution in [0.2, 0.25) is 0 Å². The number of hydrogen-bond acceptors (Lipinski definition) is 2. The van der Waals surface area contributed by atoms with E-state index >= 15 is 0 Å². The Balaban J connectivity index is 4.44. The predicted molar refractivity (Wildman–Crippen MR) is 50.4 cm³/mol. The van der Waals surface area contributed by atoms with E-state index < -0.39 is 0 Å². The van der Waals surface area contributed by atoms with Gasteiger partial charge in [0.15, 0.2) is 0 Å². The Morgan fingerprint density at radius 2 is 1.91 bits per heavy atom. The van der Waals surface area contributed by atoms with Gasteiger partial charge < -0.3 is 0 Å². The number of nitrogens with one attached hydrogen (secondary N) is 1. The van der Waals surface area contributed by atoms with Crippen LogP contribution in [0.1, 0.15) is 13.8 Å². The fraction of sp³-hybridized carbons (Fsp3) is 0.222. The van der Waals surface area contributed by atoms with Gasteiger partial charge in [0.25, 0.3) is 0 Å². The van der Waals surface area contributed by atoms with Crippen LogP contribution < -0.4 is 5.43 Å². The van der Waals surface area contributed by atoms with Crippen LogP contribution in [0.15, 0.2) is 41.2 Å². The molecule has 0 saturated carbocycles. The summed E-state index contributed by atoms with van der Waals surface area (Å²) >= 11 is 0. The first-order chi connectivity index (χ1) is 5.07. The Labute approximate surface area is 68.0 Å². The zero-order chi connectivity index (χ0) is 8.85. The summed E-state index contributed by atoms with van der Waals surface area (Å²) in [5.41, 5.74) is 5.46. The van der Waals surface area contributed by atoms with Crippen LogP contribution in [0.3, 0.4) is 0 Å². The molecule has 0 heterocycles. The van der Waals surface area contributed by atoms with Crippen molar-refractivity contribution in [2.24, 2.45) is 5.10 Å². The zero-order valence-corrected chi connectivity index (χ0v) is 7.15. The lowest BCUT2D eigenvalue weighted by Gasteiger charge is -2.04. The van der Waals surface area contributed by atoms with Gasteiger partial charge in [-0.2, -0.15) is 5.10 Å². The molecule has 0 rings (SSSR count). The summed E-state index contributed by atoms with van der Waals surface area (Å²) in [6.07, 6.45) is 1.87. The molecule has 1 N–H and O–H groups in total. The minimum absolute atomic E-state index is 0.854. The average molecular weight is 150 g/mol. The third kappa shape index (κ3) is 4.14. The van der Waals surface area contributed by atoms with Crippen LogP contribution in [0, 0.1) is 0 Å². The van der Waals surface area contributed by atoms with Gasteiger partial charge in [0, 0.05) is 6.72 Å². The number of nitrogens with zero attached hydrogens (tertiary/aromatic N) is 1. The minimum atomic E-state index is 0.854. The van der Waals surface area contributed by atoms with Crippen molar-refractivity contribution in [1.82, 2.24) is 5.43 Å². The minimum Gasteiger partial charge on any atom is -0.279 e. The summed E-state index contributed by atoms with van der Waals surface area (Å²) in [4.78, 5) is 0. The Bertz CT molecular complexity index is 212. The monoisotopic (exact) mass is 150 g/mol. The van der Waals surface area contributed by atoms with E-state index in [9.17, 15) is 0 Å². The predicted octanol–water partition coefficient (Wildman–Crippen LogP) is 2.23. The highest BCUT2D eigenvalue weighted by Crippen LogP contribution is 2.05. The quantitative estimate of drug-likeness (QED) is 0.371. The molecule has 0 saturated heterocycles. The smallest absolute Gasteiger partial charge is 0.0587 e. The van der Waals surface area contributed by atoms with Crippen LogP contribution in [-0.2, 0) is 0 Å². The van der Waals surface area contributed by atoms with Crippen LogP contribution in [0.4, 0.5) is 0 Å². The molecule has 0 aromatic carbocycles. The van der Waals surface area contributed by atoms with Gasteiger partial charge in [0.1, 0.15) is 0 Å². The van der Waals surface area contributed by atoms with Crippen LogP contribution in [0.25, 0.3) is 0 Å². The van der Waals surface area contributed by atoms with Crippen molar-refractivity contribution >= 4 is 6.72 Å². The van der Waals surface area contributed by atoms with E-state index in [0.717, 1.165) is 16.8 Å². The van der Waals surface area contributed by atoms with E-state index in [0.29, 0.717) is 0 Å². The maximum Gasteiger partial charge on any atom is 0.0587 e. The molecule has 0 aliphatic rings. The second-order valence-electron chi connectivity index (χ2n) is 2.45. The molecule has 0 aliphatic heterocycles. The van der Waals surface area contributed by atoms with Crippen molar-refractivity contribution in [1.29, 1.82) is 0 Å². The van der Waals surface area contributed by atoms with Gasteiger partial charge in [-0.25, -0.2) is 0 Å². The number of hydrogen-bond donors (Lipinski definition) is 1. The first-order valence-electron chi connectivity index (χ1n) is 3.32. The van der Waals surface area contributed by atoms with Gasteiger partial charge >= 0.3 is 0 Å². The summed E-state index contributed by atoms with van der Waals surface area (Å²) in [5, 5.41) is 3.54. The summed E-state index contributed by atoms with van der Waals surface area (Å²) in [6.45, 7) is 14.6. The maximum absolute atomic E-state index is 3.77. The highest BCUT2D eigenvalue weighted by Gasteiger charge is 1.93. The second kappa shape index (κ2) is 4.50. The van der Waals surface area contributed by atoms with Crippen molar-refractivity contribution in [2.45, 2.75) is 13.8 Å².